The van der Waals surface area contributed by atoms with E-state index in [1.54, 1.807) is 0 Å². The van der Waals surface area contributed by atoms with Crippen molar-refractivity contribution in [3.8, 4) is 56.5 Å². The standard InChI is InChI=1S/C50H31N5/c1-3-12-36-29-41(26-22-32(36)10-1)49-52-48(53-50(54-49)42-27-23-33-11-2-4-13-37(33)30-42)40-16-9-15-38(28-40)34-20-24-35(25-21-34)47-46-31-39-14-5-7-18-44(39)55(46)45-19-8-6-17-43(45)51-47/h1-31H. The molecule has 8 aromatic carbocycles. The van der Waals surface area contributed by atoms with Crippen molar-refractivity contribution in [3.63, 3.8) is 0 Å². The van der Waals surface area contributed by atoms with Crippen LogP contribution >= 0.6 is 0 Å². The van der Waals surface area contributed by atoms with Gasteiger partial charge in [0.1, 0.15) is 0 Å². The molecule has 5 nitrogen and oxygen atoms in total. The second kappa shape index (κ2) is 12.6. The van der Waals surface area contributed by atoms with Gasteiger partial charge in [-0.1, -0.05) is 146 Å². The molecular formula is C50H31N5. The Labute approximate surface area is 316 Å². The number of benzene rings is 8. The van der Waals surface area contributed by atoms with Gasteiger partial charge in [-0.15, -0.1) is 0 Å². The zero-order valence-corrected chi connectivity index (χ0v) is 29.6. The first-order chi connectivity index (χ1) is 27.2. The van der Waals surface area contributed by atoms with E-state index in [4.69, 9.17) is 19.9 Å². The van der Waals surface area contributed by atoms with E-state index in [0.717, 1.165) is 66.4 Å². The summed E-state index contributed by atoms with van der Waals surface area (Å²) in [5.41, 5.74) is 11.4. The second-order valence-electron chi connectivity index (χ2n) is 14.0. The molecule has 5 heteroatoms. The molecule has 0 saturated heterocycles. The third kappa shape index (κ3) is 5.41. The van der Waals surface area contributed by atoms with Gasteiger partial charge in [0, 0.05) is 27.6 Å². The molecule has 55 heavy (non-hydrogen) atoms. The average molecular weight is 702 g/mol. The van der Waals surface area contributed by atoms with E-state index in [2.05, 4.69) is 192 Å². The number of nitrogens with zero attached hydrogens (tertiary/aromatic N) is 5. The average Bonchev–Trinajstić information content (AvgIpc) is 3.66. The van der Waals surface area contributed by atoms with E-state index in [9.17, 15) is 0 Å². The maximum atomic E-state index is 5.18. The quantitative estimate of drug-likeness (QED) is 0.179. The molecule has 0 unspecified atom stereocenters. The van der Waals surface area contributed by atoms with E-state index in [1.807, 2.05) is 0 Å². The molecule has 0 aliphatic carbocycles. The van der Waals surface area contributed by atoms with Crippen LogP contribution in [0.3, 0.4) is 0 Å². The molecule has 0 atom stereocenters. The van der Waals surface area contributed by atoms with Crippen molar-refractivity contribution in [3.05, 3.63) is 188 Å². The molecule has 0 saturated carbocycles. The molecule has 0 amide bonds. The van der Waals surface area contributed by atoms with Gasteiger partial charge < -0.3 is 4.40 Å². The summed E-state index contributed by atoms with van der Waals surface area (Å²) in [7, 11) is 0. The van der Waals surface area contributed by atoms with Crippen LogP contribution < -0.4 is 0 Å². The Hall–Kier alpha value is -7.50. The number of rotatable bonds is 5. The summed E-state index contributed by atoms with van der Waals surface area (Å²) >= 11 is 0. The molecule has 11 rings (SSSR count). The largest absolute Gasteiger partial charge is 0.306 e. The van der Waals surface area contributed by atoms with Gasteiger partial charge in [-0.05, 0) is 75.1 Å². The first-order valence-electron chi connectivity index (χ1n) is 18.5. The maximum absolute atomic E-state index is 5.18. The SMILES string of the molecule is c1cc(-c2ccc(-c3nc4ccccc4n4c3cc3ccccc34)cc2)cc(-c2nc(-c3ccc4ccccc4c3)nc(-c3ccc4ccccc4c3)n2)c1. The lowest BCUT2D eigenvalue weighted by Gasteiger charge is -2.12. The van der Waals surface area contributed by atoms with Crippen LogP contribution in [0.15, 0.2) is 188 Å². The molecule has 11 aromatic rings. The van der Waals surface area contributed by atoms with Crippen LogP contribution in [0.2, 0.25) is 0 Å². The molecule has 0 aliphatic rings. The summed E-state index contributed by atoms with van der Waals surface area (Å²) in [6.07, 6.45) is 0. The maximum Gasteiger partial charge on any atom is 0.164 e. The minimum Gasteiger partial charge on any atom is -0.306 e. The molecule has 3 heterocycles. The van der Waals surface area contributed by atoms with Crippen LogP contribution in [0.4, 0.5) is 0 Å². The molecular weight excluding hydrogens is 671 g/mol. The number of aromatic nitrogens is 5. The summed E-state index contributed by atoms with van der Waals surface area (Å²) in [5, 5.41) is 5.84. The van der Waals surface area contributed by atoms with Gasteiger partial charge in [0.25, 0.3) is 0 Å². The highest BCUT2D eigenvalue weighted by Crippen LogP contribution is 2.35. The third-order valence-electron chi connectivity index (χ3n) is 10.6. The van der Waals surface area contributed by atoms with Crippen LogP contribution in [-0.2, 0) is 0 Å². The van der Waals surface area contributed by atoms with Crippen molar-refractivity contribution in [1.29, 1.82) is 0 Å². The van der Waals surface area contributed by atoms with E-state index in [1.165, 1.54) is 21.7 Å². The highest BCUT2D eigenvalue weighted by Gasteiger charge is 2.16. The van der Waals surface area contributed by atoms with Crippen LogP contribution in [0.5, 0.6) is 0 Å². The molecule has 0 N–H and O–H groups in total. The fraction of sp³-hybridized carbons (Fsp3) is 0. The van der Waals surface area contributed by atoms with Gasteiger partial charge in [-0.2, -0.15) is 0 Å². The first-order valence-corrected chi connectivity index (χ1v) is 18.5. The van der Waals surface area contributed by atoms with Crippen LogP contribution in [0.1, 0.15) is 0 Å². The van der Waals surface area contributed by atoms with Gasteiger partial charge in [0.05, 0.1) is 27.8 Å². The van der Waals surface area contributed by atoms with Crippen molar-refractivity contribution in [2.45, 2.75) is 0 Å². The third-order valence-corrected chi connectivity index (χ3v) is 10.6. The van der Waals surface area contributed by atoms with Gasteiger partial charge >= 0.3 is 0 Å². The topological polar surface area (TPSA) is 56.0 Å². The number of hydrogen-bond donors (Lipinski definition) is 0. The minimum absolute atomic E-state index is 0.628. The van der Waals surface area contributed by atoms with Crippen molar-refractivity contribution in [2.24, 2.45) is 0 Å². The van der Waals surface area contributed by atoms with Gasteiger partial charge in [0.15, 0.2) is 17.5 Å². The second-order valence-corrected chi connectivity index (χ2v) is 14.0. The van der Waals surface area contributed by atoms with Gasteiger partial charge in [-0.25, -0.2) is 19.9 Å². The van der Waals surface area contributed by atoms with E-state index in [0.29, 0.717) is 17.5 Å². The number of hydrogen-bond acceptors (Lipinski definition) is 4. The lowest BCUT2D eigenvalue weighted by Crippen LogP contribution is -2.00. The predicted molar refractivity (Wildman–Crippen MR) is 226 cm³/mol. The molecule has 0 aliphatic heterocycles. The minimum atomic E-state index is 0.628. The highest BCUT2D eigenvalue weighted by atomic mass is 15.0. The molecule has 0 bridgehead atoms. The highest BCUT2D eigenvalue weighted by molar-refractivity contribution is 5.99. The van der Waals surface area contributed by atoms with Crippen molar-refractivity contribution in [2.75, 3.05) is 0 Å². The summed E-state index contributed by atoms with van der Waals surface area (Å²) < 4.78 is 2.33. The first kappa shape index (κ1) is 31.1. The zero-order valence-electron chi connectivity index (χ0n) is 29.6. The fourth-order valence-corrected chi connectivity index (χ4v) is 7.81. The molecule has 0 fully saturated rings. The Balaban J connectivity index is 1.01. The van der Waals surface area contributed by atoms with E-state index < -0.39 is 0 Å². The fourth-order valence-electron chi connectivity index (χ4n) is 7.81. The Morgan fingerprint density at radius 2 is 0.764 bits per heavy atom. The van der Waals surface area contributed by atoms with Crippen molar-refractivity contribution >= 4 is 49.0 Å². The summed E-state index contributed by atoms with van der Waals surface area (Å²) in [6.45, 7) is 0. The summed E-state index contributed by atoms with van der Waals surface area (Å²) in [6, 6.07) is 65.8. The molecule has 0 spiro atoms. The predicted octanol–water partition coefficient (Wildman–Crippen LogP) is 12.5. The Morgan fingerprint density at radius 3 is 1.42 bits per heavy atom. The van der Waals surface area contributed by atoms with Crippen molar-refractivity contribution in [1.82, 2.24) is 24.3 Å². The van der Waals surface area contributed by atoms with E-state index in [-0.39, 0.29) is 0 Å². The Kier molecular flexibility index (Phi) is 7.10. The number of para-hydroxylation sites is 3. The molecule has 256 valence electrons. The smallest absolute Gasteiger partial charge is 0.164 e. The van der Waals surface area contributed by atoms with Crippen LogP contribution in [0.25, 0.3) is 106 Å². The zero-order chi connectivity index (χ0) is 36.3. The monoisotopic (exact) mass is 701 g/mol. The molecule has 3 aromatic heterocycles. The Morgan fingerprint density at radius 1 is 0.273 bits per heavy atom. The normalized spacial score (nSPS) is 11.6. The van der Waals surface area contributed by atoms with Crippen molar-refractivity contribution < 1.29 is 0 Å². The van der Waals surface area contributed by atoms with E-state index >= 15 is 0 Å². The Bertz CT molecular complexity index is 3170. The summed E-state index contributed by atoms with van der Waals surface area (Å²) in [4.78, 5) is 20.4. The van der Waals surface area contributed by atoms with Crippen LogP contribution in [-0.4, -0.2) is 24.3 Å². The summed E-state index contributed by atoms with van der Waals surface area (Å²) in [5.74, 6) is 1.91. The number of fused-ring (bicyclic) bond motifs is 7. The lowest BCUT2D eigenvalue weighted by atomic mass is 10.00. The van der Waals surface area contributed by atoms with Gasteiger partial charge in [-0.3, -0.25) is 0 Å². The van der Waals surface area contributed by atoms with Gasteiger partial charge in [0.2, 0.25) is 0 Å². The lowest BCUT2D eigenvalue weighted by molar-refractivity contribution is 1.08. The van der Waals surface area contributed by atoms with Crippen LogP contribution in [0, 0.1) is 0 Å². The molecule has 0 radical (unpaired) electrons.